The van der Waals surface area contributed by atoms with E-state index in [0.29, 0.717) is 10.6 Å². The first-order valence-electron chi connectivity index (χ1n) is 5.13. The van der Waals surface area contributed by atoms with Gasteiger partial charge in [-0.3, -0.25) is 5.32 Å². The van der Waals surface area contributed by atoms with Crippen LogP contribution >= 0.6 is 11.6 Å². The maximum Gasteiger partial charge on any atom is 0.406 e. The topological polar surface area (TPSA) is 32.3 Å². The predicted molar refractivity (Wildman–Crippen MR) is 58.0 cm³/mol. The Balaban J connectivity index is 2.06. The number of nitrogens with one attached hydrogen (secondary N) is 1. The number of hydrogen-bond donors (Lipinski definition) is 2. The fourth-order valence-corrected chi connectivity index (χ4v) is 1.84. The summed E-state index contributed by atoms with van der Waals surface area (Å²) in [7, 11) is 0. The van der Waals surface area contributed by atoms with E-state index in [0.717, 1.165) is 0 Å². The van der Waals surface area contributed by atoms with Crippen LogP contribution in [-0.2, 0) is 6.54 Å². The molecule has 0 heterocycles. The van der Waals surface area contributed by atoms with Crippen LogP contribution in [0.25, 0.3) is 0 Å². The Bertz CT molecular complexity index is 429. The van der Waals surface area contributed by atoms with Crippen molar-refractivity contribution in [1.82, 2.24) is 5.32 Å². The molecular weight excluding hydrogens is 255 g/mol. The molecule has 2 rings (SSSR count). The molecule has 0 saturated heterocycles. The molecular formula is C11H11ClF3NO. The van der Waals surface area contributed by atoms with E-state index in [2.05, 4.69) is 5.32 Å². The largest absolute Gasteiger partial charge is 0.508 e. The van der Waals surface area contributed by atoms with Gasteiger partial charge >= 0.3 is 6.18 Å². The second-order valence-electron chi connectivity index (χ2n) is 4.21. The van der Waals surface area contributed by atoms with Crippen molar-refractivity contribution in [3.63, 3.8) is 0 Å². The zero-order chi connectivity index (χ0) is 12.7. The summed E-state index contributed by atoms with van der Waals surface area (Å²) in [6.45, 7) is -0.0497. The van der Waals surface area contributed by atoms with Gasteiger partial charge in [0, 0.05) is 17.1 Å². The van der Waals surface area contributed by atoms with Gasteiger partial charge in [0.2, 0.25) is 0 Å². The van der Waals surface area contributed by atoms with Crippen LogP contribution in [0.4, 0.5) is 13.2 Å². The summed E-state index contributed by atoms with van der Waals surface area (Å²) in [6, 6.07) is 4.31. The first-order valence-corrected chi connectivity index (χ1v) is 5.51. The molecule has 6 heteroatoms. The Kier molecular flexibility index (Phi) is 2.99. The number of phenols is 1. The third kappa shape index (κ3) is 2.50. The molecule has 1 saturated carbocycles. The molecule has 0 atom stereocenters. The van der Waals surface area contributed by atoms with Crippen LogP contribution in [0.3, 0.4) is 0 Å². The molecule has 1 fully saturated rings. The van der Waals surface area contributed by atoms with Gasteiger partial charge in [-0.2, -0.15) is 13.2 Å². The molecule has 0 aliphatic heterocycles. The lowest BCUT2D eigenvalue weighted by Crippen LogP contribution is -2.44. The standard InChI is InChI=1S/C11H11ClF3NO/c12-8-1-2-9(17)7(5-8)6-16-10(3-4-10)11(13,14)15/h1-2,5,16-17H,3-4,6H2. The third-order valence-electron chi connectivity index (χ3n) is 2.95. The molecule has 2 N–H and O–H groups in total. The molecule has 0 radical (unpaired) electrons. The summed E-state index contributed by atoms with van der Waals surface area (Å²) in [4.78, 5) is 0. The van der Waals surface area contributed by atoms with Gasteiger partial charge < -0.3 is 5.11 Å². The molecule has 0 bridgehead atoms. The van der Waals surface area contributed by atoms with Gasteiger partial charge in [0.15, 0.2) is 0 Å². The average molecular weight is 266 g/mol. The Hall–Kier alpha value is -0.940. The van der Waals surface area contributed by atoms with Crippen LogP contribution in [0.5, 0.6) is 5.75 Å². The number of halogens is 4. The van der Waals surface area contributed by atoms with Crippen LogP contribution in [0.1, 0.15) is 18.4 Å². The Labute approximate surface area is 101 Å². The number of alkyl halides is 3. The van der Waals surface area contributed by atoms with Crippen molar-refractivity contribution in [2.24, 2.45) is 0 Å². The lowest BCUT2D eigenvalue weighted by Gasteiger charge is -2.21. The number of aromatic hydroxyl groups is 1. The molecule has 1 aromatic rings. The minimum Gasteiger partial charge on any atom is -0.508 e. The van der Waals surface area contributed by atoms with Crippen molar-refractivity contribution in [3.8, 4) is 5.75 Å². The highest BCUT2D eigenvalue weighted by Crippen LogP contribution is 2.49. The van der Waals surface area contributed by atoms with E-state index in [9.17, 15) is 18.3 Å². The van der Waals surface area contributed by atoms with Gasteiger partial charge in [-0.05, 0) is 31.0 Å². The summed E-state index contributed by atoms with van der Waals surface area (Å²) in [6.07, 6.45) is -4.09. The van der Waals surface area contributed by atoms with E-state index in [-0.39, 0.29) is 25.1 Å². The highest BCUT2D eigenvalue weighted by atomic mass is 35.5. The fraction of sp³-hybridized carbons (Fsp3) is 0.455. The number of hydrogen-bond acceptors (Lipinski definition) is 2. The summed E-state index contributed by atoms with van der Waals surface area (Å²) in [5.41, 5.74) is -1.41. The van der Waals surface area contributed by atoms with Crippen molar-refractivity contribution in [2.75, 3.05) is 0 Å². The normalized spacial score (nSPS) is 18.1. The van der Waals surface area contributed by atoms with Crippen molar-refractivity contribution < 1.29 is 18.3 Å². The van der Waals surface area contributed by atoms with E-state index in [1.165, 1.54) is 18.2 Å². The molecule has 17 heavy (non-hydrogen) atoms. The fourth-order valence-electron chi connectivity index (χ4n) is 1.65. The van der Waals surface area contributed by atoms with Gasteiger partial charge in [-0.25, -0.2) is 0 Å². The van der Waals surface area contributed by atoms with Crippen molar-refractivity contribution in [2.45, 2.75) is 31.1 Å². The van der Waals surface area contributed by atoms with Gasteiger partial charge in [-0.15, -0.1) is 0 Å². The maximum atomic E-state index is 12.6. The van der Waals surface area contributed by atoms with E-state index in [1.54, 1.807) is 0 Å². The molecule has 0 unspecified atom stereocenters. The lowest BCUT2D eigenvalue weighted by atomic mass is 10.1. The van der Waals surface area contributed by atoms with Gasteiger partial charge in [0.05, 0.1) is 0 Å². The molecule has 1 aromatic carbocycles. The number of benzene rings is 1. The van der Waals surface area contributed by atoms with E-state index in [1.807, 2.05) is 0 Å². The number of phenolic OH excluding ortho intramolecular Hbond substituents is 1. The molecule has 0 amide bonds. The second kappa shape index (κ2) is 4.07. The van der Waals surface area contributed by atoms with Crippen LogP contribution in [-0.4, -0.2) is 16.8 Å². The second-order valence-corrected chi connectivity index (χ2v) is 4.64. The van der Waals surface area contributed by atoms with Crippen LogP contribution in [0.15, 0.2) is 18.2 Å². The maximum absolute atomic E-state index is 12.6. The summed E-state index contributed by atoms with van der Waals surface area (Å²) >= 11 is 5.71. The minimum atomic E-state index is -4.25. The van der Waals surface area contributed by atoms with Crippen LogP contribution < -0.4 is 5.32 Å². The first kappa shape index (κ1) is 12.5. The summed E-state index contributed by atoms with van der Waals surface area (Å²) in [5, 5.41) is 12.3. The zero-order valence-electron chi connectivity index (χ0n) is 8.81. The van der Waals surface area contributed by atoms with Crippen LogP contribution in [0.2, 0.25) is 5.02 Å². The zero-order valence-corrected chi connectivity index (χ0v) is 9.57. The molecule has 2 nitrogen and oxygen atoms in total. The quantitative estimate of drug-likeness (QED) is 0.879. The van der Waals surface area contributed by atoms with Crippen molar-refractivity contribution in [3.05, 3.63) is 28.8 Å². The van der Waals surface area contributed by atoms with E-state index in [4.69, 9.17) is 11.6 Å². The molecule has 1 aliphatic rings. The summed E-state index contributed by atoms with van der Waals surface area (Å²) in [5.74, 6) is -0.0557. The van der Waals surface area contributed by atoms with E-state index >= 15 is 0 Å². The van der Waals surface area contributed by atoms with E-state index < -0.39 is 11.7 Å². The first-order chi connectivity index (χ1) is 7.84. The highest BCUT2D eigenvalue weighted by Gasteiger charge is 2.62. The van der Waals surface area contributed by atoms with Gasteiger partial charge in [-0.1, -0.05) is 11.6 Å². The van der Waals surface area contributed by atoms with Crippen molar-refractivity contribution in [1.29, 1.82) is 0 Å². The Morgan fingerprint density at radius 3 is 2.53 bits per heavy atom. The summed E-state index contributed by atoms with van der Waals surface area (Å²) < 4.78 is 37.9. The van der Waals surface area contributed by atoms with Crippen molar-refractivity contribution >= 4 is 11.6 Å². The van der Waals surface area contributed by atoms with Gasteiger partial charge in [0.1, 0.15) is 11.3 Å². The molecule has 94 valence electrons. The Morgan fingerprint density at radius 2 is 2.00 bits per heavy atom. The average Bonchev–Trinajstić information content (AvgIpc) is 2.99. The third-order valence-corrected chi connectivity index (χ3v) is 3.19. The van der Waals surface area contributed by atoms with Gasteiger partial charge in [0.25, 0.3) is 0 Å². The monoisotopic (exact) mass is 265 g/mol. The smallest absolute Gasteiger partial charge is 0.406 e. The molecule has 0 spiro atoms. The number of rotatable bonds is 3. The predicted octanol–water partition coefficient (Wildman–Crippen LogP) is 3.23. The van der Waals surface area contributed by atoms with Crippen LogP contribution in [0, 0.1) is 0 Å². The highest BCUT2D eigenvalue weighted by molar-refractivity contribution is 6.30. The Morgan fingerprint density at radius 1 is 1.35 bits per heavy atom. The minimum absolute atomic E-state index is 0.0497. The lowest BCUT2D eigenvalue weighted by molar-refractivity contribution is -0.166. The SMILES string of the molecule is Oc1ccc(Cl)cc1CNC1(C(F)(F)F)CC1. The molecule has 1 aliphatic carbocycles. The molecule has 0 aromatic heterocycles.